The summed E-state index contributed by atoms with van der Waals surface area (Å²) in [4.78, 5) is 26.1. The summed E-state index contributed by atoms with van der Waals surface area (Å²) in [6, 6.07) is 6.06. The topological polar surface area (TPSA) is 93.8 Å². The standard InChI is InChI=1S/C12H13FN4O2S/c1-17-12(15-10(18)11(19)16-17)20-9(6-14)7-3-2-4-8(13)5-7/h2-5,9H,6,14H2,1H3,(H,16,19). The van der Waals surface area contributed by atoms with Gasteiger partial charge in [0.2, 0.25) is 0 Å². The van der Waals surface area contributed by atoms with Gasteiger partial charge in [-0.1, -0.05) is 23.9 Å². The summed E-state index contributed by atoms with van der Waals surface area (Å²) < 4.78 is 14.6. The number of aromatic nitrogens is 3. The lowest BCUT2D eigenvalue weighted by atomic mass is 10.1. The summed E-state index contributed by atoms with van der Waals surface area (Å²) in [6.45, 7) is 0.239. The van der Waals surface area contributed by atoms with Gasteiger partial charge in [-0.15, -0.1) is 0 Å². The Morgan fingerprint density at radius 1 is 1.50 bits per heavy atom. The highest BCUT2D eigenvalue weighted by Gasteiger charge is 2.15. The average Bonchev–Trinajstić information content (AvgIpc) is 2.41. The lowest BCUT2D eigenvalue weighted by Crippen LogP contribution is -2.34. The van der Waals surface area contributed by atoms with E-state index < -0.39 is 11.1 Å². The van der Waals surface area contributed by atoms with Crippen LogP contribution in [0.4, 0.5) is 4.39 Å². The Kier molecular flexibility index (Phi) is 4.35. The Morgan fingerprint density at radius 3 is 2.90 bits per heavy atom. The minimum absolute atomic E-state index is 0.239. The number of nitrogens with zero attached hydrogens (tertiary/aromatic N) is 2. The average molecular weight is 296 g/mol. The molecule has 0 fully saturated rings. The van der Waals surface area contributed by atoms with E-state index in [1.54, 1.807) is 19.2 Å². The van der Waals surface area contributed by atoms with Gasteiger partial charge in [0.1, 0.15) is 5.82 Å². The molecular weight excluding hydrogens is 283 g/mol. The third-order valence-electron chi connectivity index (χ3n) is 2.63. The molecule has 0 radical (unpaired) electrons. The summed E-state index contributed by atoms with van der Waals surface area (Å²) >= 11 is 1.19. The number of halogens is 1. The molecule has 106 valence electrons. The Morgan fingerprint density at radius 2 is 2.25 bits per heavy atom. The molecule has 1 heterocycles. The fourth-order valence-corrected chi connectivity index (χ4v) is 2.63. The van der Waals surface area contributed by atoms with Gasteiger partial charge in [-0.2, -0.15) is 4.98 Å². The van der Waals surface area contributed by atoms with Gasteiger partial charge in [-0.25, -0.2) is 4.39 Å². The molecule has 0 saturated heterocycles. The van der Waals surface area contributed by atoms with Gasteiger partial charge in [-0.3, -0.25) is 19.4 Å². The maximum Gasteiger partial charge on any atom is 0.339 e. The molecule has 1 atom stereocenters. The largest absolute Gasteiger partial charge is 0.339 e. The van der Waals surface area contributed by atoms with E-state index in [0.29, 0.717) is 10.7 Å². The first-order valence-electron chi connectivity index (χ1n) is 5.81. The third-order valence-corrected chi connectivity index (χ3v) is 3.95. The zero-order valence-corrected chi connectivity index (χ0v) is 11.5. The van der Waals surface area contributed by atoms with Gasteiger partial charge in [0, 0.05) is 18.8 Å². The Balaban J connectivity index is 2.34. The van der Waals surface area contributed by atoms with Crippen LogP contribution in [-0.4, -0.2) is 21.3 Å². The molecule has 0 aliphatic rings. The second kappa shape index (κ2) is 6.02. The second-order valence-electron chi connectivity index (χ2n) is 4.10. The summed E-state index contributed by atoms with van der Waals surface area (Å²) in [6.07, 6.45) is 0. The molecular formula is C12H13FN4O2S. The summed E-state index contributed by atoms with van der Waals surface area (Å²) in [5.74, 6) is -0.357. The van der Waals surface area contributed by atoms with Crippen LogP contribution in [0.15, 0.2) is 39.0 Å². The van der Waals surface area contributed by atoms with Gasteiger partial charge >= 0.3 is 11.1 Å². The van der Waals surface area contributed by atoms with E-state index in [-0.39, 0.29) is 17.6 Å². The molecule has 0 spiro atoms. The molecule has 0 saturated carbocycles. The van der Waals surface area contributed by atoms with E-state index in [4.69, 9.17) is 5.73 Å². The fourth-order valence-electron chi connectivity index (χ4n) is 1.65. The van der Waals surface area contributed by atoms with E-state index in [1.807, 2.05) is 0 Å². The number of nitrogens with two attached hydrogens (primary N) is 1. The number of benzene rings is 1. The molecule has 20 heavy (non-hydrogen) atoms. The zero-order valence-electron chi connectivity index (χ0n) is 10.7. The molecule has 0 bridgehead atoms. The maximum atomic E-state index is 13.2. The summed E-state index contributed by atoms with van der Waals surface area (Å²) in [5, 5.41) is 2.40. The maximum absolute atomic E-state index is 13.2. The molecule has 1 aromatic heterocycles. The molecule has 6 nitrogen and oxygen atoms in total. The Bertz CT molecular complexity index is 728. The van der Waals surface area contributed by atoms with Crippen LogP contribution in [0.1, 0.15) is 10.8 Å². The van der Waals surface area contributed by atoms with Crippen LogP contribution in [0, 0.1) is 5.82 Å². The van der Waals surface area contributed by atoms with Gasteiger partial charge in [0.05, 0.1) is 0 Å². The fraction of sp³-hybridized carbons (Fsp3) is 0.250. The minimum atomic E-state index is -0.861. The number of H-pyrrole nitrogens is 1. The van der Waals surface area contributed by atoms with Gasteiger partial charge in [-0.05, 0) is 17.7 Å². The van der Waals surface area contributed by atoms with E-state index in [1.165, 1.54) is 28.6 Å². The van der Waals surface area contributed by atoms with Gasteiger partial charge < -0.3 is 5.73 Å². The predicted molar refractivity (Wildman–Crippen MR) is 74.2 cm³/mol. The van der Waals surface area contributed by atoms with Crippen LogP contribution in [0.3, 0.4) is 0 Å². The van der Waals surface area contributed by atoms with Crippen molar-refractivity contribution in [3.63, 3.8) is 0 Å². The van der Waals surface area contributed by atoms with Crippen LogP contribution >= 0.6 is 11.8 Å². The number of hydrogen-bond donors (Lipinski definition) is 2. The van der Waals surface area contributed by atoms with E-state index in [2.05, 4.69) is 10.1 Å². The number of nitrogens with one attached hydrogen (secondary N) is 1. The molecule has 3 N–H and O–H groups in total. The summed E-state index contributed by atoms with van der Waals surface area (Å²) in [5.41, 5.74) is 4.74. The quantitative estimate of drug-likeness (QED) is 0.629. The first-order valence-corrected chi connectivity index (χ1v) is 6.68. The minimum Gasteiger partial charge on any atom is -0.329 e. The van der Waals surface area contributed by atoms with Crippen molar-refractivity contribution in [1.29, 1.82) is 0 Å². The van der Waals surface area contributed by atoms with Gasteiger partial charge in [0.15, 0.2) is 5.16 Å². The molecule has 2 rings (SSSR count). The van der Waals surface area contributed by atoms with Gasteiger partial charge in [0.25, 0.3) is 0 Å². The molecule has 0 aliphatic carbocycles. The SMILES string of the molecule is Cn1[nH]c(=O)c(=O)nc1SC(CN)c1cccc(F)c1. The zero-order chi connectivity index (χ0) is 14.7. The van der Waals surface area contributed by atoms with Crippen LogP contribution in [0.2, 0.25) is 0 Å². The lowest BCUT2D eigenvalue weighted by Gasteiger charge is -2.15. The molecule has 1 aromatic carbocycles. The van der Waals surface area contributed by atoms with Crippen LogP contribution < -0.4 is 16.9 Å². The van der Waals surface area contributed by atoms with Crippen molar-refractivity contribution >= 4 is 11.8 Å². The molecule has 0 amide bonds. The number of hydrogen-bond acceptors (Lipinski definition) is 5. The Hall–Kier alpha value is -1.93. The smallest absolute Gasteiger partial charge is 0.329 e. The van der Waals surface area contributed by atoms with Crippen molar-refractivity contribution in [2.45, 2.75) is 10.4 Å². The lowest BCUT2D eigenvalue weighted by molar-refractivity contribution is 0.594. The van der Waals surface area contributed by atoms with E-state index >= 15 is 0 Å². The van der Waals surface area contributed by atoms with E-state index in [0.717, 1.165) is 0 Å². The number of aryl methyl sites for hydroxylation is 1. The predicted octanol–water partition coefficient (Wildman–Crippen LogP) is 0.400. The van der Waals surface area contributed by atoms with E-state index in [9.17, 15) is 14.0 Å². The molecule has 1 unspecified atom stereocenters. The Labute approximate surface area is 117 Å². The molecule has 8 heteroatoms. The van der Waals surface area contributed by atoms with Crippen LogP contribution in [-0.2, 0) is 7.05 Å². The molecule has 0 aliphatic heterocycles. The monoisotopic (exact) mass is 296 g/mol. The highest BCUT2D eigenvalue weighted by atomic mass is 32.2. The first-order chi connectivity index (χ1) is 9.51. The van der Waals surface area contributed by atoms with Crippen molar-refractivity contribution in [1.82, 2.24) is 14.8 Å². The second-order valence-corrected chi connectivity index (χ2v) is 5.27. The normalized spacial score (nSPS) is 12.3. The number of aromatic amines is 1. The highest BCUT2D eigenvalue weighted by molar-refractivity contribution is 7.99. The molecule has 2 aromatic rings. The van der Waals surface area contributed by atoms with Crippen LogP contribution in [0.25, 0.3) is 0 Å². The van der Waals surface area contributed by atoms with Crippen molar-refractivity contribution < 1.29 is 4.39 Å². The summed E-state index contributed by atoms with van der Waals surface area (Å²) in [7, 11) is 1.56. The van der Waals surface area contributed by atoms with Crippen molar-refractivity contribution in [2.75, 3.05) is 6.54 Å². The third kappa shape index (κ3) is 3.14. The first kappa shape index (κ1) is 14.5. The van der Waals surface area contributed by atoms with Crippen molar-refractivity contribution in [2.24, 2.45) is 12.8 Å². The van der Waals surface area contributed by atoms with Crippen molar-refractivity contribution in [3.05, 3.63) is 56.4 Å². The van der Waals surface area contributed by atoms with Crippen molar-refractivity contribution in [3.8, 4) is 0 Å². The number of thioether (sulfide) groups is 1. The van der Waals surface area contributed by atoms with Crippen LogP contribution in [0.5, 0.6) is 0 Å². The number of rotatable bonds is 4. The highest BCUT2D eigenvalue weighted by Crippen LogP contribution is 2.32.